The standard InChI is InChI=1S/C11H9FN2O4/c1-5-3-8(15)13-10-6(5)4-7(14(16)17)9(12)11(10)18-2/h3-4H,1-2H3,(H,13,15). The normalized spacial score (nSPS) is 10.6. The first kappa shape index (κ1) is 12.0. The van der Waals surface area contributed by atoms with E-state index in [1.165, 1.54) is 13.2 Å². The second-order valence-corrected chi connectivity index (χ2v) is 3.74. The monoisotopic (exact) mass is 252 g/mol. The van der Waals surface area contributed by atoms with Gasteiger partial charge in [0.1, 0.15) is 0 Å². The van der Waals surface area contributed by atoms with E-state index in [1.54, 1.807) is 6.92 Å². The third-order valence-electron chi connectivity index (χ3n) is 2.62. The number of nitrogens with zero attached hydrogens (tertiary/aromatic N) is 1. The molecule has 1 heterocycles. The zero-order valence-electron chi connectivity index (χ0n) is 9.61. The predicted molar refractivity (Wildman–Crippen MR) is 62.5 cm³/mol. The highest BCUT2D eigenvalue weighted by Crippen LogP contribution is 2.34. The van der Waals surface area contributed by atoms with Gasteiger partial charge in [-0.05, 0) is 12.5 Å². The molecule has 2 rings (SSSR count). The number of halogens is 1. The number of aromatic amines is 1. The van der Waals surface area contributed by atoms with E-state index in [0.717, 1.165) is 6.07 Å². The van der Waals surface area contributed by atoms with Crippen LogP contribution in [-0.4, -0.2) is 17.0 Å². The lowest BCUT2D eigenvalue weighted by molar-refractivity contribution is -0.387. The van der Waals surface area contributed by atoms with Crippen molar-refractivity contribution in [3.63, 3.8) is 0 Å². The van der Waals surface area contributed by atoms with Crippen molar-refractivity contribution < 1.29 is 14.1 Å². The summed E-state index contributed by atoms with van der Waals surface area (Å²) in [7, 11) is 1.18. The molecule has 0 amide bonds. The fourth-order valence-corrected chi connectivity index (χ4v) is 1.81. The van der Waals surface area contributed by atoms with Crippen LogP contribution in [0.3, 0.4) is 0 Å². The van der Waals surface area contributed by atoms with Crippen molar-refractivity contribution in [2.75, 3.05) is 7.11 Å². The van der Waals surface area contributed by atoms with Crippen molar-refractivity contribution >= 4 is 16.6 Å². The van der Waals surface area contributed by atoms with Crippen LogP contribution < -0.4 is 10.3 Å². The van der Waals surface area contributed by atoms with Gasteiger partial charge in [0.2, 0.25) is 11.4 Å². The molecule has 0 unspecified atom stereocenters. The van der Waals surface area contributed by atoms with Gasteiger partial charge in [0.15, 0.2) is 5.75 Å². The molecule has 0 fully saturated rings. The topological polar surface area (TPSA) is 85.2 Å². The van der Waals surface area contributed by atoms with Gasteiger partial charge in [0, 0.05) is 17.5 Å². The van der Waals surface area contributed by atoms with E-state index in [-0.39, 0.29) is 11.3 Å². The summed E-state index contributed by atoms with van der Waals surface area (Å²) in [5, 5.41) is 11.1. The zero-order chi connectivity index (χ0) is 13.4. The molecule has 6 nitrogen and oxygen atoms in total. The number of aryl methyl sites for hydroxylation is 1. The number of nitro benzene ring substituents is 1. The number of nitro groups is 1. The van der Waals surface area contributed by atoms with Crippen LogP contribution in [0.4, 0.5) is 10.1 Å². The van der Waals surface area contributed by atoms with E-state index in [1.807, 2.05) is 0 Å². The van der Waals surface area contributed by atoms with E-state index >= 15 is 0 Å². The van der Waals surface area contributed by atoms with Gasteiger partial charge in [-0.25, -0.2) is 0 Å². The number of pyridine rings is 1. The number of H-pyrrole nitrogens is 1. The number of rotatable bonds is 2. The quantitative estimate of drug-likeness (QED) is 0.653. The number of hydrogen-bond acceptors (Lipinski definition) is 4. The number of benzene rings is 1. The maximum atomic E-state index is 13.8. The summed E-state index contributed by atoms with van der Waals surface area (Å²) in [5.41, 5.74) is -0.484. The van der Waals surface area contributed by atoms with Crippen LogP contribution in [0.25, 0.3) is 10.9 Å². The van der Waals surface area contributed by atoms with Crippen LogP contribution in [0.5, 0.6) is 5.75 Å². The van der Waals surface area contributed by atoms with E-state index < -0.39 is 22.0 Å². The van der Waals surface area contributed by atoms with Crippen LogP contribution >= 0.6 is 0 Å². The Hall–Kier alpha value is -2.44. The first-order chi connectivity index (χ1) is 8.45. The van der Waals surface area contributed by atoms with Crippen LogP contribution in [0.1, 0.15) is 5.56 Å². The van der Waals surface area contributed by atoms with Crippen molar-refractivity contribution in [1.29, 1.82) is 0 Å². The molecule has 0 aliphatic heterocycles. The smallest absolute Gasteiger partial charge is 0.309 e. The molecule has 0 bridgehead atoms. The summed E-state index contributed by atoms with van der Waals surface area (Å²) >= 11 is 0. The first-order valence-electron chi connectivity index (χ1n) is 5.00. The largest absolute Gasteiger partial charge is 0.491 e. The van der Waals surface area contributed by atoms with Crippen molar-refractivity contribution in [2.24, 2.45) is 0 Å². The van der Waals surface area contributed by atoms with E-state index in [4.69, 9.17) is 4.74 Å². The number of nitrogens with one attached hydrogen (secondary N) is 1. The van der Waals surface area contributed by atoms with E-state index in [9.17, 15) is 19.3 Å². The van der Waals surface area contributed by atoms with Gasteiger partial charge < -0.3 is 9.72 Å². The Kier molecular flexibility index (Phi) is 2.74. The van der Waals surface area contributed by atoms with Crippen LogP contribution in [0.2, 0.25) is 0 Å². The SMILES string of the molecule is COc1c(F)c([N+](=O)[O-])cc2c(C)cc(=O)[nH]c12. The van der Waals surface area contributed by atoms with Gasteiger partial charge in [-0.3, -0.25) is 14.9 Å². The maximum absolute atomic E-state index is 13.8. The molecule has 0 aliphatic carbocycles. The molecular weight excluding hydrogens is 243 g/mol. The molecular formula is C11H9FN2O4. The third kappa shape index (κ3) is 1.69. The van der Waals surface area contributed by atoms with Crippen molar-refractivity contribution in [1.82, 2.24) is 4.98 Å². The third-order valence-corrected chi connectivity index (χ3v) is 2.62. The number of hydrogen-bond donors (Lipinski definition) is 1. The zero-order valence-corrected chi connectivity index (χ0v) is 9.61. The average Bonchev–Trinajstić information content (AvgIpc) is 2.27. The Bertz CT molecular complexity index is 708. The summed E-state index contributed by atoms with van der Waals surface area (Å²) in [5.74, 6) is -1.43. The van der Waals surface area contributed by atoms with Crippen LogP contribution in [0.15, 0.2) is 16.9 Å². The van der Waals surface area contributed by atoms with Crippen molar-refractivity contribution in [3.8, 4) is 5.75 Å². The highest BCUT2D eigenvalue weighted by Gasteiger charge is 2.23. The molecule has 0 spiro atoms. The van der Waals surface area contributed by atoms with Crippen LogP contribution in [0, 0.1) is 22.9 Å². The van der Waals surface area contributed by atoms with Gasteiger partial charge in [0.05, 0.1) is 17.5 Å². The fourth-order valence-electron chi connectivity index (χ4n) is 1.81. The van der Waals surface area contributed by atoms with Gasteiger partial charge in [0.25, 0.3) is 0 Å². The van der Waals surface area contributed by atoms with Crippen molar-refractivity contribution in [3.05, 3.63) is 44.0 Å². The molecule has 1 N–H and O–H groups in total. The number of ether oxygens (including phenoxy) is 1. The Labute approximate surface area is 100 Å². The Morgan fingerprint density at radius 1 is 1.44 bits per heavy atom. The molecule has 0 atom stereocenters. The molecule has 0 saturated carbocycles. The lowest BCUT2D eigenvalue weighted by Gasteiger charge is -2.08. The molecule has 1 aromatic heterocycles. The molecule has 0 saturated heterocycles. The van der Waals surface area contributed by atoms with Gasteiger partial charge in [-0.15, -0.1) is 0 Å². The van der Waals surface area contributed by atoms with Gasteiger partial charge in [-0.2, -0.15) is 4.39 Å². The summed E-state index contributed by atoms with van der Waals surface area (Å²) in [6, 6.07) is 2.36. The minimum absolute atomic E-state index is 0.116. The van der Waals surface area contributed by atoms with E-state index in [0.29, 0.717) is 10.9 Å². The highest BCUT2D eigenvalue weighted by atomic mass is 19.1. The Morgan fingerprint density at radius 2 is 2.11 bits per heavy atom. The molecule has 2 aromatic rings. The summed E-state index contributed by atoms with van der Waals surface area (Å²) < 4.78 is 18.6. The Balaban J connectivity index is 3.01. The summed E-state index contributed by atoms with van der Waals surface area (Å²) in [6.07, 6.45) is 0. The van der Waals surface area contributed by atoms with Crippen molar-refractivity contribution in [2.45, 2.75) is 6.92 Å². The molecule has 18 heavy (non-hydrogen) atoms. The second kappa shape index (κ2) is 4.10. The summed E-state index contributed by atoms with van der Waals surface area (Å²) in [6.45, 7) is 1.61. The number of methoxy groups -OCH3 is 1. The average molecular weight is 252 g/mol. The number of fused-ring (bicyclic) bond motifs is 1. The van der Waals surface area contributed by atoms with E-state index in [2.05, 4.69) is 4.98 Å². The Morgan fingerprint density at radius 3 is 2.67 bits per heavy atom. The first-order valence-corrected chi connectivity index (χ1v) is 5.00. The predicted octanol–water partition coefficient (Wildman–Crippen LogP) is 1.89. The lowest BCUT2D eigenvalue weighted by Crippen LogP contribution is -2.07. The molecule has 0 aliphatic rings. The van der Waals surface area contributed by atoms with Gasteiger partial charge in [-0.1, -0.05) is 0 Å². The minimum atomic E-state index is -1.10. The fraction of sp³-hybridized carbons (Fsp3) is 0.182. The second-order valence-electron chi connectivity index (χ2n) is 3.74. The number of aromatic nitrogens is 1. The van der Waals surface area contributed by atoms with Gasteiger partial charge >= 0.3 is 5.69 Å². The molecule has 1 aromatic carbocycles. The minimum Gasteiger partial charge on any atom is -0.491 e. The summed E-state index contributed by atoms with van der Waals surface area (Å²) in [4.78, 5) is 23.7. The molecule has 94 valence electrons. The van der Waals surface area contributed by atoms with Crippen LogP contribution in [-0.2, 0) is 0 Å². The molecule has 7 heteroatoms. The molecule has 0 radical (unpaired) electrons. The lowest BCUT2D eigenvalue weighted by atomic mass is 10.1. The maximum Gasteiger partial charge on any atom is 0.309 e. The highest BCUT2D eigenvalue weighted by molar-refractivity contribution is 5.89.